The Morgan fingerprint density at radius 1 is 0.500 bits per heavy atom. The van der Waals surface area contributed by atoms with Crippen LogP contribution in [0.2, 0.25) is 0 Å². The Balaban J connectivity index is 1.69. The number of hydrogen-bond acceptors (Lipinski definition) is 2. The molecule has 1 N–H and O–H groups in total. The van der Waals surface area contributed by atoms with E-state index in [0.29, 0.717) is 6.42 Å². The van der Waals surface area contributed by atoms with E-state index in [9.17, 15) is 9.59 Å². The van der Waals surface area contributed by atoms with Gasteiger partial charge >= 0.3 is 0 Å². The summed E-state index contributed by atoms with van der Waals surface area (Å²) >= 11 is 0. The van der Waals surface area contributed by atoms with Crippen molar-refractivity contribution in [1.29, 1.82) is 0 Å². The summed E-state index contributed by atoms with van der Waals surface area (Å²) in [6.45, 7) is 0. The van der Waals surface area contributed by atoms with Gasteiger partial charge in [0.25, 0.3) is 0 Å². The van der Waals surface area contributed by atoms with E-state index >= 15 is 0 Å². The highest BCUT2D eigenvalue weighted by Gasteiger charge is 2.76. The molecule has 0 spiro atoms. The summed E-state index contributed by atoms with van der Waals surface area (Å²) in [5, 5.41) is 2.75. The first-order chi connectivity index (χ1) is 17.7. The molecule has 4 atom stereocenters. The van der Waals surface area contributed by atoms with Gasteiger partial charge in [-0.25, -0.2) is 0 Å². The Morgan fingerprint density at radius 2 is 0.833 bits per heavy atom. The van der Waals surface area contributed by atoms with Crippen LogP contribution in [0.15, 0.2) is 121 Å². The van der Waals surface area contributed by atoms with E-state index in [1.54, 1.807) is 0 Å². The van der Waals surface area contributed by atoms with E-state index in [0.717, 1.165) is 33.4 Å². The number of imide groups is 1. The minimum atomic E-state index is -0.634. The van der Waals surface area contributed by atoms with Crippen LogP contribution >= 0.6 is 0 Å². The second-order valence-corrected chi connectivity index (χ2v) is 10.1. The number of carbonyl (C=O) groups excluding carboxylic acids is 2. The normalized spacial score (nSPS) is 28.3. The summed E-state index contributed by atoms with van der Waals surface area (Å²) in [6.07, 6.45) is 0.678. The molecule has 2 amide bonds. The number of hydrogen-bond donors (Lipinski definition) is 1. The molecule has 2 fully saturated rings. The molecule has 4 aromatic rings. The molecular weight excluding hydrogens is 442 g/mol. The summed E-state index contributed by atoms with van der Waals surface area (Å²) in [5.74, 6) is -1.27. The van der Waals surface area contributed by atoms with Gasteiger partial charge in [0.05, 0.1) is 11.8 Å². The van der Waals surface area contributed by atoms with Gasteiger partial charge in [-0.15, -0.1) is 0 Å². The van der Waals surface area contributed by atoms with Gasteiger partial charge in [-0.05, 0) is 39.8 Å². The summed E-state index contributed by atoms with van der Waals surface area (Å²) in [6, 6.07) is 41.6. The number of rotatable bonds is 4. The molecule has 4 aromatic carbocycles. The molecule has 0 radical (unpaired) electrons. The molecule has 7 rings (SSSR count). The number of allylic oxidation sites excluding steroid dienone is 2. The topological polar surface area (TPSA) is 46.2 Å². The molecule has 0 aromatic heterocycles. The zero-order valence-electron chi connectivity index (χ0n) is 19.7. The van der Waals surface area contributed by atoms with Gasteiger partial charge < -0.3 is 0 Å². The van der Waals surface area contributed by atoms with E-state index in [4.69, 9.17) is 0 Å². The fourth-order valence-corrected chi connectivity index (χ4v) is 7.53. The highest BCUT2D eigenvalue weighted by molar-refractivity contribution is 6.17. The lowest BCUT2D eigenvalue weighted by molar-refractivity contribution is -0.127. The third-order valence-corrected chi connectivity index (χ3v) is 8.61. The van der Waals surface area contributed by atoms with E-state index in [1.807, 2.05) is 48.5 Å². The zero-order valence-corrected chi connectivity index (χ0v) is 19.7. The van der Waals surface area contributed by atoms with Gasteiger partial charge in [0.15, 0.2) is 0 Å². The Labute approximate surface area is 210 Å². The van der Waals surface area contributed by atoms with Gasteiger partial charge in [-0.1, -0.05) is 121 Å². The molecule has 2 bridgehead atoms. The van der Waals surface area contributed by atoms with Gasteiger partial charge in [0, 0.05) is 10.8 Å². The van der Waals surface area contributed by atoms with E-state index in [2.05, 4.69) is 78.1 Å². The van der Waals surface area contributed by atoms with E-state index in [1.165, 1.54) is 0 Å². The second-order valence-electron chi connectivity index (χ2n) is 10.1. The average Bonchev–Trinajstić information content (AvgIpc) is 3.56. The summed E-state index contributed by atoms with van der Waals surface area (Å²) in [5.41, 5.74) is 5.44. The quantitative estimate of drug-likeness (QED) is 0.387. The minimum absolute atomic E-state index is 0.160. The Hall–Kier alpha value is -4.24. The smallest absolute Gasteiger partial charge is 0.231 e. The average molecular weight is 468 g/mol. The van der Waals surface area contributed by atoms with Crippen molar-refractivity contribution in [3.05, 3.63) is 144 Å². The van der Waals surface area contributed by atoms with Crippen LogP contribution in [0.5, 0.6) is 0 Å². The van der Waals surface area contributed by atoms with Crippen molar-refractivity contribution in [2.75, 3.05) is 0 Å². The molecule has 3 aliphatic rings. The number of amides is 2. The zero-order chi connectivity index (χ0) is 24.3. The van der Waals surface area contributed by atoms with Gasteiger partial charge in [-0.3, -0.25) is 14.9 Å². The van der Waals surface area contributed by atoms with Gasteiger partial charge in [-0.2, -0.15) is 0 Å². The highest BCUT2D eigenvalue weighted by Crippen LogP contribution is 2.75. The number of carbonyl (C=O) groups is 2. The molecule has 1 heterocycles. The van der Waals surface area contributed by atoms with Crippen molar-refractivity contribution in [2.45, 2.75) is 17.3 Å². The monoisotopic (exact) mass is 467 g/mol. The summed E-state index contributed by atoms with van der Waals surface area (Å²) in [7, 11) is 0. The molecule has 4 unspecified atom stereocenters. The number of fused-ring (bicyclic) bond motifs is 5. The predicted octanol–water partition coefficient (Wildman–Crippen LogP) is 5.78. The van der Waals surface area contributed by atoms with Crippen molar-refractivity contribution in [3.8, 4) is 0 Å². The van der Waals surface area contributed by atoms with Crippen LogP contribution < -0.4 is 5.32 Å². The standard InChI is InChI=1S/C33H25NO2/c35-30-28-29(31(36)34-30)33(25-19-11-4-12-20-25)21-32(28,24-17-9-3-10-18-24)26(22-13-5-1-6-14-22)27(33)23-15-7-2-8-16-23/h1-20,28-29H,21H2,(H,34,35,36). The van der Waals surface area contributed by atoms with Crippen LogP contribution in [0, 0.1) is 11.8 Å². The summed E-state index contributed by atoms with van der Waals surface area (Å²) in [4.78, 5) is 27.3. The maximum atomic E-state index is 13.7. The van der Waals surface area contributed by atoms with Crippen LogP contribution in [0.4, 0.5) is 0 Å². The highest BCUT2D eigenvalue weighted by atomic mass is 16.2. The van der Waals surface area contributed by atoms with Crippen molar-refractivity contribution in [3.63, 3.8) is 0 Å². The molecule has 36 heavy (non-hydrogen) atoms. The Kier molecular flexibility index (Phi) is 4.47. The van der Waals surface area contributed by atoms with Crippen LogP contribution in [0.3, 0.4) is 0 Å². The maximum absolute atomic E-state index is 13.7. The fourth-order valence-electron chi connectivity index (χ4n) is 7.53. The van der Waals surface area contributed by atoms with Crippen LogP contribution in [0.1, 0.15) is 28.7 Å². The minimum Gasteiger partial charge on any atom is -0.296 e. The molecule has 1 saturated heterocycles. The van der Waals surface area contributed by atoms with Crippen LogP contribution in [0.25, 0.3) is 11.1 Å². The Morgan fingerprint density at radius 3 is 1.19 bits per heavy atom. The molecule has 1 aliphatic heterocycles. The third kappa shape index (κ3) is 2.58. The van der Waals surface area contributed by atoms with Crippen molar-refractivity contribution in [2.24, 2.45) is 11.8 Å². The third-order valence-electron chi connectivity index (χ3n) is 8.61. The lowest BCUT2D eigenvalue weighted by atomic mass is 9.59. The fraction of sp³-hybridized carbons (Fsp3) is 0.152. The molecule has 174 valence electrons. The van der Waals surface area contributed by atoms with E-state index in [-0.39, 0.29) is 11.8 Å². The largest absolute Gasteiger partial charge is 0.296 e. The molecule has 3 heteroatoms. The van der Waals surface area contributed by atoms with Gasteiger partial charge in [0.2, 0.25) is 11.8 Å². The lowest BCUT2D eigenvalue weighted by Gasteiger charge is -2.41. The number of benzene rings is 4. The van der Waals surface area contributed by atoms with Crippen molar-refractivity contribution >= 4 is 23.0 Å². The Bertz CT molecular complexity index is 1400. The maximum Gasteiger partial charge on any atom is 0.231 e. The van der Waals surface area contributed by atoms with Crippen molar-refractivity contribution in [1.82, 2.24) is 5.32 Å². The predicted molar refractivity (Wildman–Crippen MR) is 141 cm³/mol. The van der Waals surface area contributed by atoms with Crippen LogP contribution in [-0.4, -0.2) is 11.8 Å². The van der Waals surface area contributed by atoms with E-state index < -0.39 is 22.7 Å². The SMILES string of the molecule is O=C1NC(=O)C2C1C1(c3ccccc3)CC2(c2ccccc2)C(c2ccccc2)=C1c1ccccc1. The summed E-state index contributed by atoms with van der Waals surface area (Å²) < 4.78 is 0. The second kappa shape index (κ2) is 7.63. The number of nitrogens with one attached hydrogen (secondary N) is 1. The van der Waals surface area contributed by atoms with Crippen LogP contribution in [-0.2, 0) is 20.4 Å². The first-order valence-electron chi connectivity index (χ1n) is 12.5. The molecule has 3 nitrogen and oxygen atoms in total. The first kappa shape index (κ1) is 21.1. The molecular formula is C33H25NO2. The molecule has 1 saturated carbocycles. The molecule has 2 aliphatic carbocycles. The van der Waals surface area contributed by atoms with Gasteiger partial charge in [0.1, 0.15) is 0 Å². The van der Waals surface area contributed by atoms with Crippen molar-refractivity contribution < 1.29 is 9.59 Å². The lowest BCUT2D eigenvalue weighted by Crippen LogP contribution is -2.41. The first-order valence-corrected chi connectivity index (χ1v) is 12.5.